The minimum atomic E-state index is 0.675. The molecular formula is C21H24N4O2. The number of nitrogens with zero attached hydrogens (tertiary/aromatic N) is 2. The summed E-state index contributed by atoms with van der Waals surface area (Å²) in [6.07, 6.45) is 0. The molecule has 6 nitrogen and oxygen atoms in total. The van der Waals surface area contributed by atoms with E-state index in [9.17, 15) is 0 Å². The average molecular weight is 364 g/mol. The van der Waals surface area contributed by atoms with E-state index < -0.39 is 0 Å². The molecule has 0 aliphatic rings. The maximum atomic E-state index is 5.42. The van der Waals surface area contributed by atoms with Crippen LogP contribution in [-0.2, 0) is 6.54 Å². The molecule has 3 rings (SSSR count). The minimum Gasteiger partial charge on any atom is -0.497 e. The number of hydrogen-bond donors (Lipinski definition) is 2. The lowest BCUT2D eigenvalue weighted by Gasteiger charge is -2.14. The fraction of sp³-hybridized carbons (Fsp3) is 0.238. The SMILES string of the molecule is COc1ccc(OC)c(Nc2cc(NCc3ccccc3C)nc(C)n2)c1. The molecule has 0 saturated heterocycles. The van der Waals surface area contributed by atoms with Crippen LogP contribution in [0.4, 0.5) is 17.3 Å². The molecular weight excluding hydrogens is 340 g/mol. The molecule has 0 saturated carbocycles. The monoisotopic (exact) mass is 364 g/mol. The van der Waals surface area contributed by atoms with Crippen molar-refractivity contribution in [2.24, 2.45) is 0 Å². The molecule has 0 unspecified atom stereocenters. The van der Waals surface area contributed by atoms with E-state index >= 15 is 0 Å². The molecule has 0 atom stereocenters. The lowest BCUT2D eigenvalue weighted by molar-refractivity contribution is 0.405. The first-order valence-corrected chi connectivity index (χ1v) is 8.72. The minimum absolute atomic E-state index is 0.675. The first-order valence-electron chi connectivity index (χ1n) is 8.72. The van der Waals surface area contributed by atoms with Gasteiger partial charge in [-0.1, -0.05) is 24.3 Å². The van der Waals surface area contributed by atoms with Crippen LogP contribution in [-0.4, -0.2) is 24.2 Å². The normalized spacial score (nSPS) is 10.4. The van der Waals surface area contributed by atoms with Crippen LogP contribution >= 0.6 is 0 Å². The Morgan fingerprint density at radius 3 is 2.41 bits per heavy atom. The zero-order chi connectivity index (χ0) is 19.2. The van der Waals surface area contributed by atoms with E-state index in [1.807, 2.05) is 43.3 Å². The highest BCUT2D eigenvalue weighted by Gasteiger charge is 2.08. The first kappa shape index (κ1) is 18.5. The highest BCUT2D eigenvalue weighted by atomic mass is 16.5. The van der Waals surface area contributed by atoms with Crippen molar-refractivity contribution in [2.45, 2.75) is 20.4 Å². The maximum absolute atomic E-state index is 5.42. The molecule has 0 aliphatic carbocycles. The summed E-state index contributed by atoms with van der Waals surface area (Å²) in [7, 11) is 3.27. The highest BCUT2D eigenvalue weighted by molar-refractivity contribution is 5.67. The van der Waals surface area contributed by atoms with Gasteiger partial charge in [0.2, 0.25) is 0 Å². The van der Waals surface area contributed by atoms with Crippen molar-refractivity contribution in [3.8, 4) is 11.5 Å². The van der Waals surface area contributed by atoms with Crippen LogP contribution < -0.4 is 20.1 Å². The van der Waals surface area contributed by atoms with Gasteiger partial charge in [-0.2, -0.15) is 0 Å². The Balaban J connectivity index is 1.80. The molecule has 0 amide bonds. The number of anilines is 3. The fourth-order valence-corrected chi connectivity index (χ4v) is 2.77. The van der Waals surface area contributed by atoms with E-state index in [2.05, 4.69) is 39.7 Å². The number of rotatable bonds is 7. The largest absolute Gasteiger partial charge is 0.497 e. The number of benzene rings is 2. The standard InChI is InChI=1S/C21H24N4O2/c1-14-7-5-6-8-16(14)13-22-20-12-21(24-15(2)23-20)25-18-11-17(26-3)9-10-19(18)27-4/h5-12H,13H2,1-4H3,(H2,22,23,24,25). The second kappa shape index (κ2) is 8.40. The molecule has 140 valence electrons. The average Bonchev–Trinajstić information content (AvgIpc) is 2.67. The Bertz CT molecular complexity index is 928. The molecule has 27 heavy (non-hydrogen) atoms. The highest BCUT2D eigenvalue weighted by Crippen LogP contribution is 2.31. The van der Waals surface area contributed by atoms with E-state index in [0.29, 0.717) is 23.9 Å². The van der Waals surface area contributed by atoms with Crippen molar-refractivity contribution in [1.82, 2.24) is 9.97 Å². The van der Waals surface area contributed by atoms with Crippen LogP contribution in [0.25, 0.3) is 0 Å². The lowest BCUT2D eigenvalue weighted by Crippen LogP contribution is -2.06. The third kappa shape index (κ3) is 4.67. The zero-order valence-corrected chi connectivity index (χ0v) is 16.0. The second-order valence-corrected chi connectivity index (χ2v) is 6.16. The summed E-state index contributed by atoms with van der Waals surface area (Å²) in [5, 5.41) is 6.67. The van der Waals surface area contributed by atoms with E-state index in [4.69, 9.17) is 9.47 Å². The van der Waals surface area contributed by atoms with E-state index in [-0.39, 0.29) is 0 Å². The van der Waals surface area contributed by atoms with Crippen molar-refractivity contribution in [3.63, 3.8) is 0 Å². The molecule has 0 radical (unpaired) electrons. The number of methoxy groups -OCH3 is 2. The van der Waals surface area contributed by atoms with Crippen molar-refractivity contribution in [3.05, 3.63) is 65.5 Å². The molecule has 2 N–H and O–H groups in total. The van der Waals surface area contributed by atoms with Gasteiger partial charge in [0.25, 0.3) is 0 Å². The van der Waals surface area contributed by atoms with Crippen molar-refractivity contribution in [2.75, 3.05) is 24.9 Å². The topological polar surface area (TPSA) is 68.3 Å². The van der Waals surface area contributed by atoms with Gasteiger partial charge in [-0.3, -0.25) is 0 Å². The third-order valence-corrected chi connectivity index (χ3v) is 4.23. The predicted octanol–water partition coefficient (Wildman–Crippen LogP) is 4.47. The van der Waals surface area contributed by atoms with Crippen molar-refractivity contribution < 1.29 is 9.47 Å². The van der Waals surface area contributed by atoms with Gasteiger partial charge in [0.1, 0.15) is 29.0 Å². The van der Waals surface area contributed by atoms with E-state index in [0.717, 1.165) is 17.3 Å². The van der Waals surface area contributed by atoms with Crippen LogP contribution in [0.1, 0.15) is 17.0 Å². The molecule has 6 heteroatoms. The van der Waals surface area contributed by atoms with Crippen LogP contribution in [0.3, 0.4) is 0 Å². The summed E-state index contributed by atoms with van der Waals surface area (Å²) in [6.45, 7) is 4.67. The predicted molar refractivity (Wildman–Crippen MR) is 108 cm³/mol. The van der Waals surface area contributed by atoms with Gasteiger partial charge in [-0.25, -0.2) is 9.97 Å². The summed E-state index contributed by atoms with van der Waals surface area (Å²) < 4.78 is 10.7. The molecule has 1 heterocycles. The zero-order valence-electron chi connectivity index (χ0n) is 16.0. The Hall–Kier alpha value is -3.28. The Labute approximate surface area is 159 Å². The Morgan fingerprint density at radius 2 is 1.67 bits per heavy atom. The van der Waals surface area contributed by atoms with Crippen molar-refractivity contribution in [1.29, 1.82) is 0 Å². The summed E-state index contributed by atoms with van der Waals surface area (Å²) in [6, 6.07) is 15.7. The van der Waals surface area contributed by atoms with Crippen LogP contribution in [0.15, 0.2) is 48.5 Å². The number of aromatic nitrogens is 2. The van der Waals surface area contributed by atoms with Crippen LogP contribution in [0, 0.1) is 13.8 Å². The summed E-state index contributed by atoms with van der Waals surface area (Å²) in [5.41, 5.74) is 3.26. The molecule has 2 aromatic carbocycles. The van der Waals surface area contributed by atoms with Gasteiger partial charge in [-0.15, -0.1) is 0 Å². The fourth-order valence-electron chi connectivity index (χ4n) is 2.77. The van der Waals surface area contributed by atoms with E-state index in [1.165, 1.54) is 11.1 Å². The quantitative estimate of drug-likeness (QED) is 0.645. The third-order valence-electron chi connectivity index (χ3n) is 4.23. The van der Waals surface area contributed by atoms with Crippen LogP contribution in [0.2, 0.25) is 0 Å². The van der Waals surface area contributed by atoms with Gasteiger partial charge in [0.05, 0.1) is 19.9 Å². The van der Waals surface area contributed by atoms with Gasteiger partial charge >= 0.3 is 0 Å². The van der Waals surface area contributed by atoms with E-state index in [1.54, 1.807) is 14.2 Å². The Kier molecular flexibility index (Phi) is 5.76. The second-order valence-electron chi connectivity index (χ2n) is 6.16. The van der Waals surface area contributed by atoms with Gasteiger partial charge < -0.3 is 20.1 Å². The molecule has 3 aromatic rings. The maximum Gasteiger partial charge on any atom is 0.142 e. The van der Waals surface area contributed by atoms with Gasteiger partial charge in [0.15, 0.2) is 0 Å². The Morgan fingerprint density at radius 1 is 0.889 bits per heavy atom. The molecule has 0 fully saturated rings. The lowest BCUT2D eigenvalue weighted by atomic mass is 10.1. The summed E-state index contributed by atoms with van der Waals surface area (Å²) in [4.78, 5) is 8.95. The number of aryl methyl sites for hydroxylation is 2. The summed E-state index contributed by atoms with van der Waals surface area (Å²) >= 11 is 0. The molecule has 1 aromatic heterocycles. The first-order chi connectivity index (χ1) is 13.1. The number of hydrogen-bond acceptors (Lipinski definition) is 6. The number of nitrogens with one attached hydrogen (secondary N) is 2. The smallest absolute Gasteiger partial charge is 0.142 e. The van der Waals surface area contributed by atoms with Gasteiger partial charge in [0, 0.05) is 18.7 Å². The van der Waals surface area contributed by atoms with Gasteiger partial charge in [-0.05, 0) is 37.1 Å². The summed E-state index contributed by atoms with van der Waals surface area (Å²) in [5.74, 6) is 3.56. The van der Waals surface area contributed by atoms with Crippen molar-refractivity contribution >= 4 is 17.3 Å². The number of ether oxygens (including phenoxy) is 2. The van der Waals surface area contributed by atoms with Crippen LogP contribution in [0.5, 0.6) is 11.5 Å². The molecule has 0 bridgehead atoms. The molecule has 0 aliphatic heterocycles. The molecule has 0 spiro atoms.